The molecule has 0 bridgehead atoms. The monoisotopic (exact) mass is 248 g/mol. The van der Waals surface area contributed by atoms with E-state index in [-0.39, 0.29) is 0 Å². The Morgan fingerprint density at radius 3 is 2.72 bits per heavy atom. The molecule has 0 saturated carbocycles. The van der Waals surface area contributed by atoms with Crippen LogP contribution in [0.1, 0.15) is 24.8 Å². The Balaban J connectivity index is 1.82. The largest absolute Gasteiger partial charge is 0.492 e. The summed E-state index contributed by atoms with van der Waals surface area (Å²) in [6.45, 7) is 3.64. The van der Waals surface area contributed by atoms with Crippen LogP contribution >= 0.6 is 0 Å². The zero-order valence-corrected chi connectivity index (χ0v) is 10.4. The minimum atomic E-state index is -0.429. The van der Waals surface area contributed by atoms with Crippen molar-refractivity contribution in [3.63, 3.8) is 0 Å². The van der Waals surface area contributed by atoms with Crippen LogP contribution < -0.4 is 4.74 Å². The second-order valence-electron chi connectivity index (χ2n) is 4.54. The van der Waals surface area contributed by atoms with E-state index in [9.17, 15) is 4.39 Å². The van der Waals surface area contributed by atoms with E-state index in [2.05, 4.69) is 4.90 Å². The molecular weight excluding hydrogens is 231 g/mol. The quantitative estimate of drug-likeness (QED) is 0.821. The molecule has 1 saturated heterocycles. The van der Waals surface area contributed by atoms with Gasteiger partial charge in [0, 0.05) is 12.6 Å². The molecule has 96 valence electrons. The van der Waals surface area contributed by atoms with Gasteiger partial charge in [-0.25, -0.2) is 4.39 Å². The third-order valence-electron chi connectivity index (χ3n) is 3.13. The van der Waals surface area contributed by atoms with E-state index in [1.807, 2.05) is 6.07 Å². The molecule has 1 heterocycles. The SMILES string of the molecule is N#Cc1cc(F)cc(OCCN2CCCCC2)c1. The lowest BCUT2D eigenvalue weighted by atomic mass is 10.1. The minimum Gasteiger partial charge on any atom is -0.492 e. The number of nitrogens with zero attached hydrogens (tertiary/aromatic N) is 2. The number of benzene rings is 1. The van der Waals surface area contributed by atoms with Gasteiger partial charge in [0.1, 0.15) is 18.2 Å². The number of hydrogen-bond acceptors (Lipinski definition) is 3. The molecule has 1 fully saturated rings. The molecule has 3 nitrogen and oxygen atoms in total. The van der Waals surface area contributed by atoms with Crippen LogP contribution in [0.4, 0.5) is 4.39 Å². The first-order valence-electron chi connectivity index (χ1n) is 6.34. The molecule has 1 aliphatic heterocycles. The van der Waals surface area contributed by atoms with Gasteiger partial charge in [-0.2, -0.15) is 5.26 Å². The summed E-state index contributed by atoms with van der Waals surface area (Å²) in [5, 5.41) is 8.74. The van der Waals surface area contributed by atoms with Crippen molar-refractivity contribution in [2.45, 2.75) is 19.3 Å². The molecule has 0 aliphatic carbocycles. The summed E-state index contributed by atoms with van der Waals surface area (Å²) in [5.74, 6) is 0.00517. The maximum Gasteiger partial charge on any atom is 0.128 e. The summed E-state index contributed by atoms with van der Waals surface area (Å²) in [5.41, 5.74) is 0.294. The molecule has 4 heteroatoms. The Kier molecular flexibility index (Phi) is 4.54. The molecule has 1 aromatic rings. The van der Waals surface area contributed by atoms with Crippen LogP contribution in [0.15, 0.2) is 18.2 Å². The highest BCUT2D eigenvalue weighted by molar-refractivity contribution is 5.36. The number of halogens is 1. The first-order valence-corrected chi connectivity index (χ1v) is 6.34. The smallest absolute Gasteiger partial charge is 0.128 e. The van der Waals surface area contributed by atoms with Crippen LogP contribution in [-0.4, -0.2) is 31.1 Å². The van der Waals surface area contributed by atoms with Crippen molar-refractivity contribution in [1.29, 1.82) is 5.26 Å². The van der Waals surface area contributed by atoms with Gasteiger partial charge in [-0.15, -0.1) is 0 Å². The van der Waals surface area contributed by atoms with Gasteiger partial charge < -0.3 is 4.74 Å². The highest BCUT2D eigenvalue weighted by Gasteiger charge is 2.09. The van der Waals surface area contributed by atoms with Crippen molar-refractivity contribution in [1.82, 2.24) is 4.90 Å². The molecule has 0 amide bonds. The fraction of sp³-hybridized carbons (Fsp3) is 0.500. The predicted octanol–water partition coefficient (Wildman–Crippen LogP) is 2.56. The number of hydrogen-bond donors (Lipinski definition) is 0. The molecule has 0 N–H and O–H groups in total. The van der Waals surface area contributed by atoms with Gasteiger partial charge in [0.25, 0.3) is 0 Å². The van der Waals surface area contributed by atoms with Crippen LogP contribution in [0.2, 0.25) is 0 Å². The maximum atomic E-state index is 13.2. The van der Waals surface area contributed by atoms with Crippen molar-refractivity contribution in [2.24, 2.45) is 0 Å². The number of nitriles is 1. The van der Waals surface area contributed by atoms with E-state index >= 15 is 0 Å². The maximum absolute atomic E-state index is 13.2. The summed E-state index contributed by atoms with van der Waals surface area (Å²) < 4.78 is 18.7. The van der Waals surface area contributed by atoms with Gasteiger partial charge in [-0.1, -0.05) is 6.42 Å². The highest BCUT2D eigenvalue weighted by atomic mass is 19.1. The van der Waals surface area contributed by atoms with Crippen molar-refractivity contribution in [2.75, 3.05) is 26.2 Å². The van der Waals surface area contributed by atoms with Gasteiger partial charge in [0.05, 0.1) is 11.6 Å². The normalized spacial score (nSPS) is 16.2. The van der Waals surface area contributed by atoms with Crippen molar-refractivity contribution in [3.05, 3.63) is 29.6 Å². The van der Waals surface area contributed by atoms with Gasteiger partial charge in [0.2, 0.25) is 0 Å². The van der Waals surface area contributed by atoms with Crippen LogP contribution in [0.3, 0.4) is 0 Å². The zero-order chi connectivity index (χ0) is 12.8. The fourth-order valence-electron chi connectivity index (χ4n) is 2.19. The van der Waals surface area contributed by atoms with Gasteiger partial charge >= 0.3 is 0 Å². The Labute approximate surface area is 107 Å². The Morgan fingerprint density at radius 1 is 1.22 bits per heavy atom. The number of piperidine rings is 1. The first kappa shape index (κ1) is 12.8. The molecule has 0 radical (unpaired) electrons. The second-order valence-corrected chi connectivity index (χ2v) is 4.54. The number of ether oxygens (including phenoxy) is 1. The van der Waals surface area contributed by atoms with Crippen molar-refractivity contribution >= 4 is 0 Å². The lowest BCUT2D eigenvalue weighted by Gasteiger charge is -2.26. The molecule has 0 unspecified atom stereocenters. The molecule has 2 rings (SSSR count). The highest BCUT2D eigenvalue weighted by Crippen LogP contribution is 2.16. The Hall–Kier alpha value is -1.60. The lowest BCUT2D eigenvalue weighted by Crippen LogP contribution is -2.33. The Bertz CT molecular complexity index is 436. The van der Waals surface area contributed by atoms with Crippen LogP contribution in [-0.2, 0) is 0 Å². The third kappa shape index (κ3) is 3.71. The Morgan fingerprint density at radius 2 is 2.00 bits per heavy atom. The molecule has 0 aromatic heterocycles. The van der Waals surface area contributed by atoms with E-state index < -0.39 is 5.82 Å². The average molecular weight is 248 g/mol. The van der Waals surface area contributed by atoms with Crippen LogP contribution in [0.5, 0.6) is 5.75 Å². The van der Waals surface area contributed by atoms with Crippen LogP contribution in [0.25, 0.3) is 0 Å². The molecule has 1 aliphatic rings. The predicted molar refractivity (Wildman–Crippen MR) is 66.9 cm³/mol. The summed E-state index contributed by atoms with van der Waals surface area (Å²) in [7, 11) is 0. The zero-order valence-electron chi connectivity index (χ0n) is 10.4. The van der Waals surface area contributed by atoms with Gasteiger partial charge in [0.15, 0.2) is 0 Å². The van der Waals surface area contributed by atoms with Crippen molar-refractivity contribution in [3.8, 4) is 11.8 Å². The van der Waals surface area contributed by atoms with E-state index in [4.69, 9.17) is 10.00 Å². The average Bonchev–Trinajstić information content (AvgIpc) is 2.39. The number of rotatable bonds is 4. The van der Waals surface area contributed by atoms with Crippen LogP contribution in [0, 0.1) is 17.1 Å². The van der Waals surface area contributed by atoms with E-state index in [1.165, 1.54) is 31.4 Å². The first-order chi connectivity index (χ1) is 8.78. The topological polar surface area (TPSA) is 36.3 Å². The van der Waals surface area contributed by atoms with Gasteiger partial charge in [-0.3, -0.25) is 4.90 Å². The molecule has 0 atom stereocenters. The standard InChI is InChI=1S/C14H17FN2O/c15-13-8-12(11-16)9-14(10-13)18-7-6-17-4-2-1-3-5-17/h8-10H,1-7H2. The summed E-state index contributed by atoms with van der Waals surface area (Å²) in [6, 6.07) is 6.01. The minimum absolute atomic E-state index is 0.294. The lowest BCUT2D eigenvalue weighted by molar-refractivity contribution is 0.183. The summed E-state index contributed by atoms with van der Waals surface area (Å²) in [6.07, 6.45) is 3.81. The number of likely N-dealkylation sites (tertiary alicyclic amines) is 1. The summed E-state index contributed by atoms with van der Waals surface area (Å²) in [4.78, 5) is 2.36. The molecule has 1 aromatic carbocycles. The molecular formula is C14H17FN2O. The fourth-order valence-corrected chi connectivity index (χ4v) is 2.19. The third-order valence-corrected chi connectivity index (χ3v) is 3.13. The van der Waals surface area contributed by atoms with Gasteiger partial charge in [-0.05, 0) is 38.1 Å². The van der Waals surface area contributed by atoms with Crippen molar-refractivity contribution < 1.29 is 9.13 Å². The molecule has 0 spiro atoms. The summed E-state index contributed by atoms with van der Waals surface area (Å²) >= 11 is 0. The van der Waals surface area contributed by atoms with E-state index in [1.54, 1.807) is 6.07 Å². The van der Waals surface area contributed by atoms with E-state index in [0.717, 1.165) is 19.6 Å². The second kappa shape index (κ2) is 6.36. The molecule has 18 heavy (non-hydrogen) atoms. The van der Waals surface area contributed by atoms with E-state index in [0.29, 0.717) is 17.9 Å².